The average molecular weight is 272 g/mol. The molecule has 1 aromatic carbocycles. The van der Waals surface area contributed by atoms with Gasteiger partial charge >= 0.3 is 0 Å². The number of Topliss-reactive ketones (excluding diaryl/α,β-unsaturated/α-hetero) is 1. The van der Waals surface area contributed by atoms with Crippen molar-refractivity contribution < 1.29 is 9.59 Å². The Morgan fingerprint density at radius 3 is 2.65 bits per heavy atom. The molecule has 2 bridgehead atoms. The number of hydrogen-bond acceptors (Lipinski definition) is 3. The van der Waals surface area contributed by atoms with Gasteiger partial charge in [0, 0.05) is 17.3 Å². The van der Waals surface area contributed by atoms with Crippen molar-refractivity contribution in [2.75, 3.05) is 5.32 Å². The molecule has 0 aliphatic heterocycles. The van der Waals surface area contributed by atoms with Crippen LogP contribution >= 0.6 is 0 Å². The Balaban J connectivity index is 1.73. The lowest BCUT2D eigenvalue weighted by Gasteiger charge is -2.27. The van der Waals surface area contributed by atoms with Crippen LogP contribution in [0.15, 0.2) is 24.3 Å². The molecule has 2 saturated carbocycles. The number of hydrogen-bond donors (Lipinski definition) is 2. The van der Waals surface area contributed by atoms with E-state index in [2.05, 4.69) is 5.32 Å². The van der Waals surface area contributed by atoms with Crippen molar-refractivity contribution in [1.29, 1.82) is 0 Å². The summed E-state index contributed by atoms with van der Waals surface area (Å²) in [6.45, 7) is 1.52. The summed E-state index contributed by atoms with van der Waals surface area (Å²) in [7, 11) is 0. The largest absolute Gasteiger partial charge is 0.327 e. The van der Waals surface area contributed by atoms with Crippen LogP contribution in [0.3, 0.4) is 0 Å². The molecule has 0 radical (unpaired) electrons. The van der Waals surface area contributed by atoms with Gasteiger partial charge in [-0.25, -0.2) is 0 Å². The van der Waals surface area contributed by atoms with Crippen molar-refractivity contribution in [2.24, 2.45) is 23.5 Å². The van der Waals surface area contributed by atoms with Gasteiger partial charge in [-0.05, 0) is 50.2 Å². The van der Waals surface area contributed by atoms with E-state index < -0.39 is 0 Å². The molecule has 2 aliphatic rings. The van der Waals surface area contributed by atoms with Gasteiger partial charge in [0.05, 0.1) is 5.92 Å². The Labute approximate surface area is 118 Å². The summed E-state index contributed by atoms with van der Waals surface area (Å²) < 4.78 is 0. The molecule has 2 aliphatic carbocycles. The molecule has 1 amide bonds. The number of amides is 1. The molecule has 3 rings (SSSR count). The van der Waals surface area contributed by atoms with Crippen molar-refractivity contribution in [3.63, 3.8) is 0 Å². The lowest BCUT2D eigenvalue weighted by atomic mass is 9.84. The quantitative estimate of drug-likeness (QED) is 0.829. The summed E-state index contributed by atoms with van der Waals surface area (Å²) in [5.74, 6) is 0.878. The molecule has 20 heavy (non-hydrogen) atoms. The summed E-state index contributed by atoms with van der Waals surface area (Å²) in [5, 5.41) is 2.92. The van der Waals surface area contributed by atoms with Gasteiger partial charge in [-0.2, -0.15) is 0 Å². The molecule has 4 nitrogen and oxygen atoms in total. The summed E-state index contributed by atoms with van der Waals surface area (Å²) in [4.78, 5) is 23.8. The van der Waals surface area contributed by atoms with Crippen LogP contribution in [0.5, 0.6) is 0 Å². The average Bonchev–Trinajstić information content (AvgIpc) is 2.99. The zero-order chi connectivity index (χ0) is 14.3. The minimum absolute atomic E-state index is 0.00211. The maximum atomic E-state index is 12.4. The van der Waals surface area contributed by atoms with Crippen molar-refractivity contribution in [3.05, 3.63) is 29.8 Å². The van der Waals surface area contributed by atoms with Crippen LogP contribution < -0.4 is 11.1 Å². The predicted octanol–water partition coefficient (Wildman–Crippen LogP) is 2.20. The molecule has 4 heteroatoms. The number of fused-ring (bicyclic) bond motifs is 2. The summed E-state index contributed by atoms with van der Waals surface area (Å²) in [5.41, 5.74) is 7.47. The van der Waals surface area contributed by atoms with Crippen LogP contribution in [-0.2, 0) is 4.79 Å². The maximum Gasteiger partial charge on any atom is 0.229 e. The summed E-state index contributed by atoms with van der Waals surface area (Å²) >= 11 is 0. The highest BCUT2D eigenvalue weighted by atomic mass is 16.2. The number of carbonyl (C=O) groups is 2. The first-order valence-electron chi connectivity index (χ1n) is 7.23. The molecular weight excluding hydrogens is 252 g/mol. The second-order valence-corrected chi connectivity index (χ2v) is 6.06. The van der Waals surface area contributed by atoms with Crippen molar-refractivity contribution in [3.8, 4) is 0 Å². The van der Waals surface area contributed by atoms with E-state index in [1.807, 2.05) is 6.07 Å². The molecule has 4 atom stereocenters. The molecule has 0 aromatic heterocycles. The number of benzene rings is 1. The highest BCUT2D eigenvalue weighted by molar-refractivity contribution is 5.98. The van der Waals surface area contributed by atoms with Gasteiger partial charge in [0.15, 0.2) is 5.78 Å². The van der Waals surface area contributed by atoms with Crippen molar-refractivity contribution in [2.45, 2.75) is 32.2 Å². The highest BCUT2D eigenvalue weighted by Crippen LogP contribution is 2.47. The Kier molecular flexibility index (Phi) is 3.34. The van der Waals surface area contributed by atoms with E-state index in [0.717, 1.165) is 19.3 Å². The third-order valence-electron chi connectivity index (χ3n) is 4.82. The number of ketones is 1. The minimum atomic E-state index is -0.0743. The SMILES string of the molecule is CC(=O)c1cccc(NC(=O)C2C3CCC(C3)C2N)c1. The van der Waals surface area contributed by atoms with E-state index in [-0.39, 0.29) is 23.7 Å². The monoisotopic (exact) mass is 272 g/mol. The van der Waals surface area contributed by atoms with Gasteiger partial charge in [0.25, 0.3) is 0 Å². The summed E-state index contributed by atoms with van der Waals surface area (Å²) in [6.07, 6.45) is 3.37. The molecule has 0 saturated heterocycles. The Morgan fingerprint density at radius 2 is 2.00 bits per heavy atom. The zero-order valence-electron chi connectivity index (χ0n) is 11.6. The van der Waals surface area contributed by atoms with E-state index in [1.165, 1.54) is 6.92 Å². The van der Waals surface area contributed by atoms with Crippen LogP contribution in [-0.4, -0.2) is 17.7 Å². The van der Waals surface area contributed by atoms with Crippen LogP contribution in [0.25, 0.3) is 0 Å². The fourth-order valence-electron chi connectivity index (χ4n) is 3.77. The van der Waals surface area contributed by atoms with Gasteiger partial charge in [0.1, 0.15) is 0 Å². The minimum Gasteiger partial charge on any atom is -0.327 e. The third kappa shape index (κ3) is 2.24. The van der Waals surface area contributed by atoms with Crippen LogP contribution in [0.2, 0.25) is 0 Å². The van der Waals surface area contributed by atoms with E-state index in [1.54, 1.807) is 18.2 Å². The van der Waals surface area contributed by atoms with E-state index >= 15 is 0 Å². The topological polar surface area (TPSA) is 72.2 Å². The Morgan fingerprint density at radius 1 is 1.25 bits per heavy atom. The van der Waals surface area contributed by atoms with Gasteiger partial charge in [-0.1, -0.05) is 12.1 Å². The molecule has 3 N–H and O–H groups in total. The first-order valence-corrected chi connectivity index (χ1v) is 7.23. The third-order valence-corrected chi connectivity index (χ3v) is 4.82. The molecule has 2 fully saturated rings. The fraction of sp³-hybridized carbons (Fsp3) is 0.500. The van der Waals surface area contributed by atoms with Crippen LogP contribution in [0.1, 0.15) is 36.5 Å². The smallest absolute Gasteiger partial charge is 0.229 e. The Hall–Kier alpha value is -1.68. The summed E-state index contributed by atoms with van der Waals surface area (Å²) in [6, 6.07) is 7.06. The second-order valence-electron chi connectivity index (χ2n) is 6.06. The van der Waals surface area contributed by atoms with Crippen molar-refractivity contribution >= 4 is 17.4 Å². The van der Waals surface area contributed by atoms with Gasteiger partial charge in [-0.3, -0.25) is 9.59 Å². The Bertz CT molecular complexity index is 553. The standard InChI is InChI=1S/C16H20N2O2/c1-9(19)10-3-2-4-13(8-10)18-16(20)14-11-5-6-12(7-11)15(14)17/h2-4,8,11-12,14-15H,5-7,17H2,1H3,(H,18,20). The van der Waals surface area contributed by atoms with Gasteiger partial charge in [-0.15, -0.1) is 0 Å². The number of rotatable bonds is 3. The molecule has 0 spiro atoms. The molecule has 106 valence electrons. The van der Waals surface area contributed by atoms with E-state index in [9.17, 15) is 9.59 Å². The number of nitrogens with one attached hydrogen (secondary N) is 1. The molecular formula is C16H20N2O2. The predicted molar refractivity (Wildman–Crippen MR) is 77.4 cm³/mol. The normalized spacial score (nSPS) is 31.3. The fourth-order valence-corrected chi connectivity index (χ4v) is 3.77. The number of anilines is 1. The first kappa shape index (κ1) is 13.3. The molecule has 4 unspecified atom stereocenters. The van der Waals surface area contributed by atoms with Gasteiger partial charge in [0.2, 0.25) is 5.91 Å². The first-order chi connectivity index (χ1) is 9.56. The zero-order valence-corrected chi connectivity index (χ0v) is 11.6. The lowest BCUT2D eigenvalue weighted by Crippen LogP contribution is -2.42. The van der Waals surface area contributed by atoms with Crippen LogP contribution in [0.4, 0.5) is 5.69 Å². The molecule has 0 heterocycles. The lowest BCUT2D eigenvalue weighted by molar-refractivity contribution is -0.121. The van der Waals surface area contributed by atoms with E-state index in [0.29, 0.717) is 23.1 Å². The number of carbonyl (C=O) groups excluding carboxylic acids is 2. The van der Waals surface area contributed by atoms with Gasteiger partial charge < -0.3 is 11.1 Å². The van der Waals surface area contributed by atoms with Crippen molar-refractivity contribution in [1.82, 2.24) is 0 Å². The maximum absolute atomic E-state index is 12.4. The second kappa shape index (κ2) is 5.02. The molecule has 1 aromatic rings. The highest BCUT2D eigenvalue weighted by Gasteiger charge is 2.49. The number of nitrogens with two attached hydrogens (primary N) is 1. The van der Waals surface area contributed by atoms with E-state index in [4.69, 9.17) is 5.73 Å². The van der Waals surface area contributed by atoms with Crippen LogP contribution in [0, 0.1) is 17.8 Å².